The Bertz CT molecular complexity index is 420. The molecular weight excluding hydrogens is 228 g/mol. The number of carbonyl (C=O) groups excluding carboxylic acids is 1. The summed E-state index contributed by atoms with van der Waals surface area (Å²) >= 11 is 0. The molecule has 1 aliphatic rings. The molecule has 0 aromatic heterocycles. The van der Waals surface area contributed by atoms with Crippen LogP contribution in [0.1, 0.15) is 24.0 Å². The molecule has 4 nitrogen and oxygen atoms in total. The van der Waals surface area contributed by atoms with E-state index in [0.717, 1.165) is 12.8 Å². The number of rotatable bonds is 5. The van der Waals surface area contributed by atoms with Gasteiger partial charge in [-0.2, -0.15) is 0 Å². The van der Waals surface area contributed by atoms with Gasteiger partial charge in [-0.1, -0.05) is 24.3 Å². The Morgan fingerprint density at radius 2 is 2.00 bits per heavy atom. The maximum Gasteiger partial charge on any atom is 0.217 e. The van der Waals surface area contributed by atoms with Gasteiger partial charge >= 0.3 is 0 Å². The zero-order valence-corrected chi connectivity index (χ0v) is 10.6. The SMILES string of the molecule is CNC(O)C1(CCC(N)=O)Cc2ccccc2C1. The van der Waals surface area contributed by atoms with Crippen molar-refractivity contribution in [3.8, 4) is 0 Å². The van der Waals surface area contributed by atoms with Crippen molar-refractivity contribution < 1.29 is 9.90 Å². The summed E-state index contributed by atoms with van der Waals surface area (Å²) < 4.78 is 0. The van der Waals surface area contributed by atoms with E-state index in [4.69, 9.17) is 5.73 Å². The molecule has 4 heteroatoms. The number of nitrogens with one attached hydrogen (secondary N) is 1. The number of fused-ring (bicyclic) bond motifs is 1. The fourth-order valence-corrected chi connectivity index (χ4v) is 2.91. The van der Waals surface area contributed by atoms with Crippen molar-refractivity contribution in [1.82, 2.24) is 5.32 Å². The average molecular weight is 248 g/mol. The number of primary amides is 1. The van der Waals surface area contributed by atoms with Crippen LogP contribution >= 0.6 is 0 Å². The van der Waals surface area contributed by atoms with Crippen LogP contribution in [0, 0.1) is 5.41 Å². The number of amides is 1. The minimum absolute atomic E-state index is 0.311. The van der Waals surface area contributed by atoms with E-state index < -0.39 is 6.23 Å². The Labute approximate surface area is 107 Å². The summed E-state index contributed by atoms with van der Waals surface area (Å²) in [6.07, 6.45) is 1.88. The topological polar surface area (TPSA) is 75.3 Å². The van der Waals surface area contributed by atoms with Crippen LogP contribution in [0.15, 0.2) is 24.3 Å². The molecule has 0 bridgehead atoms. The summed E-state index contributed by atoms with van der Waals surface area (Å²) in [5.41, 5.74) is 7.44. The molecule has 0 fully saturated rings. The van der Waals surface area contributed by atoms with Gasteiger partial charge in [0.15, 0.2) is 0 Å². The molecule has 1 aromatic rings. The molecule has 1 atom stereocenters. The van der Waals surface area contributed by atoms with Crippen molar-refractivity contribution in [1.29, 1.82) is 0 Å². The highest BCUT2D eigenvalue weighted by Gasteiger charge is 2.42. The Morgan fingerprint density at radius 3 is 2.44 bits per heavy atom. The van der Waals surface area contributed by atoms with Gasteiger partial charge in [-0.05, 0) is 37.4 Å². The number of benzene rings is 1. The molecule has 4 N–H and O–H groups in total. The quantitative estimate of drug-likeness (QED) is 0.667. The molecule has 1 amide bonds. The van der Waals surface area contributed by atoms with E-state index in [1.807, 2.05) is 12.1 Å². The predicted octanol–water partition coefficient (Wildman–Crippen LogP) is 0.575. The van der Waals surface area contributed by atoms with Crippen LogP contribution in [-0.2, 0) is 17.6 Å². The lowest BCUT2D eigenvalue weighted by molar-refractivity contribution is -0.119. The van der Waals surface area contributed by atoms with Crippen LogP contribution in [0.3, 0.4) is 0 Å². The molecule has 0 saturated heterocycles. The van der Waals surface area contributed by atoms with E-state index >= 15 is 0 Å². The fourth-order valence-electron chi connectivity index (χ4n) is 2.91. The molecular formula is C14H20N2O2. The second-order valence-corrected chi connectivity index (χ2v) is 5.14. The van der Waals surface area contributed by atoms with E-state index in [1.165, 1.54) is 11.1 Å². The minimum atomic E-state index is -0.621. The van der Waals surface area contributed by atoms with Crippen LogP contribution in [0.4, 0.5) is 0 Å². The Balaban J connectivity index is 2.22. The second kappa shape index (κ2) is 5.08. The van der Waals surface area contributed by atoms with Crippen molar-refractivity contribution >= 4 is 5.91 Å². The van der Waals surface area contributed by atoms with Gasteiger partial charge in [-0.15, -0.1) is 0 Å². The number of aliphatic hydroxyl groups is 1. The summed E-state index contributed by atoms with van der Waals surface area (Å²) in [7, 11) is 1.74. The third-order valence-electron chi connectivity index (χ3n) is 3.93. The Morgan fingerprint density at radius 1 is 1.44 bits per heavy atom. The monoisotopic (exact) mass is 248 g/mol. The summed E-state index contributed by atoms with van der Waals surface area (Å²) in [6.45, 7) is 0. The highest BCUT2D eigenvalue weighted by molar-refractivity contribution is 5.73. The second-order valence-electron chi connectivity index (χ2n) is 5.14. The molecule has 0 spiro atoms. The van der Waals surface area contributed by atoms with E-state index in [-0.39, 0.29) is 11.3 Å². The number of nitrogens with two attached hydrogens (primary N) is 1. The summed E-state index contributed by atoms with van der Waals surface area (Å²) in [6, 6.07) is 8.19. The van der Waals surface area contributed by atoms with E-state index in [9.17, 15) is 9.90 Å². The molecule has 98 valence electrons. The Hall–Kier alpha value is -1.39. The van der Waals surface area contributed by atoms with Gasteiger partial charge in [0, 0.05) is 11.8 Å². The Kier molecular flexibility index (Phi) is 3.68. The summed E-state index contributed by atoms with van der Waals surface area (Å²) in [4.78, 5) is 11.0. The number of hydrogen-bond donors (Lipinski definition) is 3. The van der Waals surface area contributed by atoms with Gasteiger partial charge in [0.25, 0.3) is 0 Å². The third kappa shape index (κ3) is 2.40. The standard InChI is InChI=1S/C14H20N2O2/c1-16-13(18)14(7-6-12(15)17)8-10-4-2-3-5-11(10)9-14/h2-5,13,16,18H,6-9H2,1H3,(H2,15,17). The van der Waals surface area contributed by atoms with E-state index in [1.54, 1.807) is 7.05 Å². The molecule has 18 heavy (non-hydrogen) atoms. The predicted molar refractivity (Wildman–Crippen MR) is 69.8 cm³/mol. The van der Waals surface area contributed by atoms with Gasteiger partial charge in [0.2, 0.25) is 5.91 Å². The summed E-state index contributed by atoms with van der Waals surface area (Å²) in [5, 5.41) is 13.1. The molecule has 2 rings (SSSR count). The van der Waals surface area contributed by atoms with Crippen molar-refractivity contribution in [2.75, 3.05) is 7.05 Å². The molecule has 1 aromatic carbocycles. The first-order chi connectivity index (χ1) is 8.57. The first-order valence-electron chi connectivity index (χ1n) is 6.28. The van der Waals surface area contributed by atoms with Gasteiger partial charge in [-0.25, -0.2) is 0 Å². The van der Waals surface area contributed by atoms with Gasteiger partial charge in [0.05, 0.1) is 0 Å². The average Bonchev–Trinajstić information content (AvgIpc) is 2.75. The van der Waals surface area contributed by atoms with Crippen molar-refractivity contribution in [2.45, 2.75) is 31.9 Å². The molecule has 1 aliphatic carbocycles. The summed E-state index contributed by atoms with van der Waals surface area (Å²) in [5.74, 6) is -0.311. The van der Waals surface area contributed by atoms with Crippen LogP contribution in [0.25, 0.3) is 0 Å². The largest absolute Gasteiger partial charge is 0.378 e. The number of aliphatic hydroxyl groups excluding tert-OH is 1. The fraction of sp³-hybridized carbons (Fsp3) is 0.500. The molecule has 0 radical (unpaired) electrons. The zero-order valence-electron chi connectivity index (χ0n) is 10.6. The van der Waals surface area contributed by atoms with Crippen LogP contribution in [0.5, 0.6) is 0 Å². The zero-order chi connectivity index (χ0) is 13.2. The third-order valence-corrected chi connectivity index (χ3v) is 3.93. The van der Waals surface area contributed by atoms with E-state index in [0.29, 0.717) is 12.8 Å². The van der Waals surface area contributed by atoms with Crippen molar-refractivity contribution in [3.63, 3.8) is 0 Å². The lowest BCUT2D eigenvalue weighted by atomic mass is 9.78. The van der Waals surface area contributed by atoms with Crippen molar-refractivity contribution in [2.24, 2.45) is 11.1 Å². The maximum atomic E-state index is 11.0. The van der Waals surface area contributed by atoms with Gasteiger partial charge < -0.3 is 10.8 Å². The molecule has 0 heterocycles. The van der Waals surface area contributed by atoms with Gasteiger partial charge in [-0.3, -0.25) is 10.1 Å². The number of carbonyl (C=O) groups is 1. The lowest BCUT2D eigenvalue weighted by Gasteiger charge is -2.33. The highest BCUT2D eigenvalue weighted by atomic mass is 16.3. The first-order valence-corrected chi connectivity index (χ1v) is 6.28. The van der Waals surface area contributed by atoms with Crippen LogP contribution in [-0.4, -0.2) is 24.3 Å². The maximum absolute atomic E-state index is 11.0. The lowest BCUT2D eigenvalue weighted by Crippen LogP contribution is -2.45. The van der Waals surface area contributed by atoms with Gasteiger partial charge in [0.1, 0.15) is 6.23 Å². The molecule has 1 unspecified atom stereocenters. The normalized spacial score (nSPS) is 18.3. The molecule has 0 saturated carbocycles. The van der Waals surface area contributed by atoms with E-state index in [2.05, 4.69) is 17.4 Å². The van der Waals surface area contributed by atoms with Crippen LogP contribution in [0.2, 0.25) is 0 Å². The first kappa shape index (κ1) is 13.1. The highest BCUT2D eigenvalue weighted by Crippen LogP contribution is 2.42. The molecule has 0 aliphatic heterocycles. The van der Waals surface area contributed by atoms with Crippen molar-refractivity contribution in [3.05, 3.63) is 35.4 Å². The minimum Gasteiger partial charge on any atom is -0.378 e. The van der Waals surface area contributed by atoms with Crippen LogP contribution < -0.4 is 11.1 Å². The number of hydrogen-bond acceptors (Lipinski definition) is 3. The smallest absolute Gasteiger partial charge is 0.217 e.